The number of nitrogens with one attached hydrogen (secondary N) is 2. The molecule has 24 heavy (non-hydrogen) atoms. The Morgan fingerprint density at radius 3 is 2.21 bits per heavy atom. The molecule has 0 bridgehead atoms. The Morgan fingerprint density at radius 2 is 1.54 bits per heavy atom. The molecule has 122 valence electrons. The van der Waals surface area contributed by atoms with E-state index >= 15 is 0 Å². The second kappa shape index (κ2) is 6.97. The number of benzene rings is 2. The van der Waals surface area contributed by atoms with Gasteiger partial charge >= 0.3 is 0 Å². The molecule has 2 N–H and O–H groups in total. The summed E-state index contributed by atoms with van der Waals surface area (Å²) in [6.45, 7) is 3.86. The summed E-state index contributed by atoms with van der Waals surface area (Å²) in [4.78, 5) is 8.78. The van der Waals surface area contributed by atoms with Gasteiger partial charge in [-0.05, 0) is 61.9 Å². The standard InChI is InChI=1S/C18H16BrFN4/c1-11-9-13(19)3-8-16(11)24-18-10-17(21-12(2)22-18)23-15-6-4-14(20)5-7-15/h3-10H,1-2H3,(H2,21,22,23,24). The zero-order valence-electron chi connectivity index (χ0n) is 13.3. The van der Waals surface area contributed by atoms with E-state index in [9.17, 15) is 4.39 Å². The van der Waals surface area contributed by atoms with Crippen LogP contribution in [0.15, 0.2) is 53.0 Å². The van der Waals surface area contributed by atoms with Crippen LogP contribution in [0.3, 0.4) is 0 Å². The predicted octanol–water partition coefficient (Wildman–Crippen LogP) is 5.48. The SMILES string of the molecule is Cc1nc(Nc2ccc(F)cc2)cc(Nc2ccc(Br)cc2C)n1. The maximum Gasteiger partial charge on any atom is 0.136 e. The molecule has 0 aliphatic rings. The smallest absolute Gasteiger partial charge is 0.136 e. The van der Waals surface area contributed by atoms with Crippen LogP contribution in [-0.2, 0) is 0 Å². The Balaban J connectivity index is 1.84. The van der Waals surface area contributed by atoms with E-state index in [2.05, 4.69) is 36.5 Å². The van der Waals surface area contributed by atoms with Gasteiger partial charge in [-0.2, -0.15) is 0 Å². The lowest BCUT2D eigenvalue weighted by Crippen LogP contribution is -2.02. The number of nitrogens with zero attached hydrogens (tertiary/aromatic N) is 2. The molecule has 2 aromatic carbocycles. The van der Waals surface area contributed by atoms with Crippen LogP contribution >= 0.6 is 15.9 Å². The second-order valence-electron chi connectivity index (χ2n) is 5.40. The summed E-state index contributed by atoms with van der Waals surface area (Å²) in [7, 11) is 0. The molecule has 0 spiro atoms. The maximum absolute atomic E-state index is 13.0. The van der Waals surface area contributed by atoms with Crippen molar-refractivity contribution in [2.45, 2.75) is 13.8 Å². The first kappa shape index (κ1) is 16.4. The molecule has 0 fully saturated rings. The molecule has 1 heterocycles. The molecule has 0 atom stereocenters. The highest BCUT2D eigenvalue weighted by molar-refractivity contribution is 9.10. The van der Waals surface area contributed by atoms with Crippen LogP contribution in [0.2, 0.25) is 0 Å². The Morgan fingerprint density at radius 1 is 0.875 bits per heavy atom. The van der Waals surface area contributed by atoms with Gasteiger partial charge < -0.3 is 10.6 Å². The molecule has 0 amide bonds. The van der Waals surface area contributed by atoms with Gasteiger partial charge in [-0.15, -0.1) is 0 Å². The summed E-state index contributed by atoms with van der Waals surface area (Å²) >= 11 is 3.46. The highest BCUT2D eigenvalue weighted by Gasteiger charge is 2.05. The minimum Gasteiger partial charge on any atom is -0.340 e. The van der Waals surface area contributed by atoms with Gasteiger partial charge in [0.05, 0.1) is 0 Å². The van der Waals surface area contributed by atoms with Crippen molar-refractivity contribution in [3.05, 3.63) is 70.2 Å². The monoisotopic (exact) mass is 386 g/mol. The van der Waals surface area contributed by atoms with E-state index in [1.54, 1.807) is 12.1 Å². The quantitative estimate of drug-likeness (QED) is 0.622. The average Bonchev–Trinajstić information content (AvgIpc) is 2.52. The molecule has 0 aliphatic carbocycles. The Kier molecular flexibility index (Phi) is 4.76. The average molecular weight is 387 g/mol. The van der Waals surface area contributed by atoms with Crippen molar-refractivity contribution in [1.82, 2.24) is 9.97 Å². The predicted molar refractivity (Wildman–Crippen MR) is 98.6 cm³/mol. The van der Waals surface area contributed by atoms with E-state index in [1.807, 2.05) is 38.1 Å². The first-order valence-corrected chi connectivity index (χ1v) is 8.20. The van der Waals surface area contributed by atoms with Crippen LogP contribution < -0.4 is 10.6 Å². The van der Waals surface area contributed by atoms with Crippen molar-refractivity contribution in [2.24, 2.45) is 0 Å². The van der Waals surface area contributed by atoms with Crippen LogP contribution in [0.1, 0.15) is 11.4 Å². The van der Waals surface area contributed by atoms with E-state index in [0.29, 0.717) is 17.5 Å². The maximum atomic E-state index is 13.0. The number of hydrogen-bond acceptors (Lipinski definition) is 4. The first-order valence-electron chi connectivity index (χ1n) is 7.41. The summed E-state index contributed by atoms with van der Waals surface area (Å²) in [5.41, 5.74) is 2.85. The third kappa shape index (κ3) is 4.08. The molecular weight excluding hydrogens is 371 g/mol. The fraction of sp³-hybridized carbons (Fsp3) is 0.111. The van der Waals surface area contributed by atoms with Crippen LogP contribution in [-0.4, -0.2) is 9.97 Å². The Bertz CT molecular complexity index is 865. The van der Waals surface area contributed by atoms with Gasteiger partial charge in [-0.25, -0.2) is 14.4 Å². The molecule has 0 saturated carbocycles. The van der Waals surface area contributed by atoms with E-state index in [4.69, 9.17) is 0 Å². The van der Waals surface area contributed by atoms with Gasteiger partial charge in [0.15, 0.2) is 0 Å². The molecule has 3 aromatic rings. The second-order valence-corrected chi connectivity index (χ2v) is 6.32. The summed E-state index contributed by atoms with van der Waals surface area (Å²) < 4.78 is 14.0. The van der Waals surface area contributed by atoms with Crippen molar-refractivity contribution in [2.75, 3.05) is 10.6 Å². The molecule has 0 unspecified atom stereocenters. The lowest BCUT2D eigenvalue weighted by Gasteiger charge is -2.12. The summed E-state index contributed by atoms with van der Waals surface area (Å²) in [6.07, 6.45) is 0. The lowest BCUT2D eigenvalue weighted by molar-refractivity contribution is 0.628. The van der Waals surface area contributed by atoms with Crippen LogP contribution in [0, 0.1) is 19.7 Å². The number of hydrogen-bond donors (Lipinski definition) is 2. The third-order valence-corrected chi connectivity index (χ3v) is 3.90. The lowest BCUT2D eigenvalue weighted by atomic mass is 10.2. The highest BCUT2D eigenvalue weighted by atomic mass is 79.9. The summed E-state index contributed by atoms with van der Waals surface area (Å²) in [6, 6.07) is 14.0. The highest BCUT2D eigenvalue weighted by Crippen LogP contribution is 2.25. The van der Waals surface area contributed by atoms with E-state index < -0.39 is 0 Å². The summed E-state index contributed by atoms with van der Waals surface area (Å²) in [5, 5.41) is 6.46. The minimum absolute atomic E-state index is 0.271. The van der Waals surface area contributed by atoms with Crippen molar-refractivity contribution < 1.29 is 4.39 Å². The topological polar surface area (TPSA) is 49.8 Å². The largest absolute Gasteiger partial charge is 0.340 e. The van der Waals surface area contributed by atoms with Gasteiger partial charge in [0.2, 0.25) is 0 Å². The summed E-state index contributed by atoms with van der Waals surface area (Å²) in [5.74, 6) is 1.70. The number of rotatable bonds is 4. The number of halogens is 2. The Labute approximate surface area is 148 Å². The molecule has 3 rings (SSSR count). The van der Waals surface area contributed by atoms with E-state index in [-0.39, 0.29) is 5.82 Å². The Hall–Kier alpha value is -2.47. The van der Waals surface area contributed by atoms with Gasteiger partial charge in [0.1, 0.15) is 23.3 Å². The van der Waals surface area contributed by atoms with Crippen LogP contribution in [0.25, 0.3) is 0 Å². The molecule has 1 aromatic heterocycles. The minimum atomic E-state index is -0.271. The molecule has 4 nitrogen and oxygen atoms in total. The van der Waals surface area contributed by atoms with Gasteiger partial charge in [-0.1, -0.05) is 15.9 Å². The molecule has 0 saturated heterocycles. The third-order valence-electron chi connectivity index (χ3n) is 3.41. The molecule has 0 radical (unpaired) electrons. The number of aromatic nitrogens is 2. The van der Waals surface area contributed by atoms with Crippen LogP contribution in [0.4, 0.5) is 27.4 Å². The fourth-order valence-electron chi connectivity index (χ4n) is 2.28. The van der Waals surface area contributed by atoms with Gasteiger partial charge in [0, 0.05) is 21.9 Å². The van der Waals surface area contributed by atoms with E-state index in [0.717, 1.165) is 21.4 Å². The zero-order valence-corrected chi connectivity index (χ0v) is 14.9. The van der Waals surface area contributed by atoms with Crippen molar-refractivity contribution in [3.8, 4) is 0 Å². The zero-order chi connectivity index (χ0) is 17.1. The van der Waals surface area contributed by atoms with E-state index in [1.165, 1.54) is 12.1 Å². The number of aryl methyl sites for hydroxylation is 2. The fourth-order valence-corrected chi connectivity index (χ4v) is 2.76. The van der Waals surface area contributed by atoms with Crippen molar-refractivity contribution in [1.29, 1.82) is 0 Å². The van der Waals surface area contributed by atoms with Gasteiger partial charge in [0.25, 0.3) is 0 Å². The van der Waals surface area contributed by atoms with Crippen molar-refractivity contribution in [3.63, 3.8) is 0 Å². The molecular formula is C18H16BrFN4. The van der Waals surface area contributed by atoms with Crippen molar-refractivity contribution >= 4 is 38.9 Å². The molecule has 0 aliphatic heterocycles. The normalized spacial score (nSPS) is 10.5. The molecule has 6 heteroatoms. The first-order chi connectivity index (χ1) is 11.5. The van der Waals surface area contributed by atoms with Crippen LogP contribution in [0.5, 0.6) is 0 Å². The number of anilines is 4. The van der Waals surface area contributed by atoms with Gasteiger partial charge in [-0.3, -0.25) is 0 Å².